The van der Waals surface area contributed by atoms with E-state index in [9.17, 15) is 4.79 Å². The number of benzene rings is 2. The summed E-state index contributed by atoms with van der Waals surface area (Å²) in [6.07, 6.45) is 4.38. The molecule has 0 bridgehead atoms. The van der Waals surface area contributed by atoms with Crippen molar-refractivity contribution in [3.05, 3.63) is 71.3 Å². The zero-order valence-corrected chi connectivity index (χ0v) is 16.4. The molecule has 0 aliphatic rings. The van der Waals surface area contributed by atoms with Gasteiger partial charge in [0.05, 0.1) is 0 Å². The van der Waals surface area contributed by atoms with E-state index in [2.05, 4.69) is 58.0 Å². The Labute approximate surface area is 152 Å². The van der Waals surface area contributed by atoms with Crippen LogP contribution < -0.4 is 10.0 Å². The van der Waals surface area contributed by atoms with Crippen molar-refractivity contribution < 1.29 is 9.53 Å². The third kappa shape index (κ3) is 4.46. The molecule has 2 rings (SSSR count). The third-order valence-electron chi connectivity index (χ3n) is 4.12. The molecular formula is C22H25O2P. The summed E-state index contributed by atoms with van der Waals surface area (Å²) in [5.74, 6) is 0.301. The number of carbonyl (C=O) groups is 1. The lowest BCUT2D eigenvalue weighted by atomic mass is 10.0. The smallest absolute Gasteiger partial charge is 0.308 e. The minimum atomic E-state index is -0.574. The summed E-state index contributed by atoms with van der Waals surface area (Å²) in [6, 6.07) is 16.1. The summed E-state index contributed by atoms with van der Waals surface area (Å²) in [4.78, 5) is 11.5. The van der Waals surface area contributed by atoms with E-state index >= 15 is 0 Å². The number of para-hydroxylation sites is 1. The number of hydrogen-bond acceptors (Lipinski definition) is 2. The van der Waals surface area contributed by atoms with Crippen LogP contribution in [0.4, 0.5) is 0 Å². The van der Waals surface area contributed by atoms with Crippen molar-refractivity contribution in [2.75, 3.05) is 0 Å². The van der Waals surface area contributed by atoms with Crippen LogP contribution in [-0.2, 0) is 4.79 Å². The molecule has 2 aromatic rings. The van der Waals surface area contributed by atoms with Gasteiger partial charge in [0.2, 0.25) is 0 Å². The number of allylic oxidation sites excluding steroid dienone is 4. The van der Waals surface area contributed by atoms with Crippen LogP contribution in [-0.4, -0.2) is 5.97 Å². The van der Waals surface area contributed by atoms with Crippen LogP contribution in [0, 0.1) is 0 Å². The van der Waals surface area contributed by atoms with Crippen molar-refractivity contribution in [1.82, 2.24) is 0 Å². The van der Waals surface area contributed by atoms with Crippen molar-refractivity contribution >= 4 is 19.2 Å². The van der Waals surface area contributed by atoms with Crippen molar-refractivity contribution in [3.63, 3.8) is 0 Å². The van der Waals surface area contributed by atoms with Crippen LogP contribution >= 0.6 is 7.92 Å². The molecule has 2 nitrogen and oxygen atoms in total. The molecule has 0 saturated carbocycles. The summed E-state index contributed by atoms with van der Waals surface area (Å²) in [6.45, 7) is 9.98. The molecule has 130 valence electrons. The van der Waals surface area contributed by atoms with Gasteiger partial charge in [-0.15, -0.1) is 0 Å². The maximum Gasteiger partial charge on any atom is 0.308 e. The molecule has 0 heterocycles. The molecule has 0 fully saturated rings. The first kappa shape index (κ1) is 19.1. The first-order valence-corrected chi connectivity index (χ1v) is 9.76. The number of esters is 1. The van der Waals surface area contributed by atoms with E-state index in [0.717, 1.165) is 11.1 Å². The quantitative estimate of drug-likeness (QED) is 0.362. The lowest BCUT2D eigenvalue weighted by Crippen LogP contribution is -2.09. The molecule has 0 amide bonds. The Morgan fingerprint density at radius 2 is 1.36 bits per heavy atom. The monoisotopic (exact) mass is 352 g/mol. The van der Waals surface area contributed by atoms with Gasteiger partial charge in [0, 0.05) is 12.5 Å². The molecule has 0 radical (unpaired) electrons. The Hall–Kier alpha value is -2.18. The van der Waals surface area contributed by atoms with Gasteiger partial charge in [0.1, 0.15) is 5.75 Å². The topological polar surface area (TPSA) is 26.3 Å². The zero-order chi connectivity index (χ0) is 18.4. The second kappa shape index (κ2) is 8.78. The van der Waals surface area contributed by atoms with E-state index in [1.165, 1.54) is 22.9 Å². The maximum absolute atomic E-state index is 11.5. The van der Waals surface area contributed by atoms with Crippen LogP contribution in [0.5, 0.6) is 5.75 Å². The first-order chi connectivity index (χ1) is 12.0. The van der Waals surface area contributed by atoms with Gasteiger partial charge in [-0.2, -0.15) is 0 Å². The van der Waals surface area contributed by atoms with Crippen molar-refractivity contribution in [1.29, 1.82) is 0 Å². The van der Waals surface area contributed by atoms with Gasteiger partial charge in [-0.05, 0) is 63.2 Å². The van der Waals surface area contributed by atoms with Gasteiger partial charge >= 0.3 is 5.97 Å². The van der Waals surface area contributed by atoms with Crippen LogP contribution in [0.15, 0.2) is 71.3 Å². The molecule has 0 aliphatic heterocycles. The summed E-state index contributed by atoms with van der Waals surface area (Å²) in [5, 5.41) is 4.01. The van der Waals surface area contributed by atoms with Crippen LogP contribution in [0.2, 0.25) is 0 Å². The lowest BCUT2D eigenvalue weighted by Gasteiger charge is -2.23. The SMILES string of the molecule is C/C=C(/C)P(/C(C)=C\C)c1ccccc1-c1ccccc1OC(C)=O. The van der Waals surface area contributed by atoms with Crippen molar-refractivity contribution in [3.8, 4) is 16.9 Å². The van der Waals surface area contributed by atoms with Gasteiger partial charge < -0.3 is 4.74 Å². The Morgan fingerprint density at radius 3 is 1.92 bits per heavy atom. The minimum Gasteiger partial charge on any atom is -0.426 e. The van der Waals surface area contributed by atoms with Crippen LogP contribution in [0.3, 0.4) is 0 Å². The highest BCUT2D eigenvalue weighted by atomic mass is 31.1. The predicted molar refractivity (Wildman–Crippen MR) is 109 cm³/mol. The van der Waals surface area contributed by atoms with Gasteiger partial charge in [-0.25, -0.2) is 0 Å². The van der Waals surface area contributed by atoms with Crippen molar-refractivity contribution in [2.45, 2.75) is 34.6 Å². The summed E-state index contributed by atoms with van der Waals surface area (Å²) in [5.41, 5.74) is 2.07. The molecule has 0 spiro atoms. The maximum atomic E-state index is 11.5. The average Bonchev–Trinajstić information content (AvgIpc) is 2.62. The van der Waals surface area contributed by atoms with Gasteiger partial charge in [0.25, 0.3) is 0 Å². The highest BCUT2D eigenvalue weighted by Gasteiger charge is 2.20. The number of rotatable bonds is 5. The van der Waals surface area contributed by atoms with Gasteiger partial charge in [-0.3, -0.25) is 4.79 Å². The van der Waals surface area contributed by atoms with E-state index in [1.807, 2.05) is 30.3 Å². The van der Waals surface area contributed by atoms with Gasteiger partial charge in [-0.1, -0.05) is 54.6 Å². The Morgan fingerprint density at radius 1 is 0.840 bits per heavy atom. The second-order valence-corrected chi connectivity index (χ2v) is 8.37. The molecule has 0 aromatic heterocycles. The fraction of sp³-hybridized carbons (Fsp3) is 0.227. The van der Waals surface area contributed by atoms with E-state index in [1.54, 1.807) is 0 Å². The molecular weight excluding hydrogens is 327 g/mol. The average molecular weight is 352 g/mol. The first-order valence-electron chi connectivity index (χ1n) is 8.42. The molecule has 0 unspecified atom stereocenters. The van der Waals surface area contributed by atoms with Crippen LogP contribution in [0.1, 0.15) is 34.6 Å². The van der Waals surface area contributed by atoms with E-state index in [-0.39, 0.29) is 5.97 Å². The summed E-state index contributed by atoms with van der Waals surface area (Å²) < 4.78 is 5.45. The zero-order valence-electron chi connectivity index (χ0n) is 15.5. The summed E-state index contributed by atoms with van der Waals surface area (Å²) in [7, 11) is -0.574. The molecule has 2 aromatic carbocycles. The number of ether oxygens (including phenoxy) is 1. The summed E-state index contributed by atoms with van der Waals surface area (Å²) >= 11 is 0. The Kier molecular flexibility index (Phi) is 6.73. The molecule has 25 heavy (non-hydrogen) atoms. The molecule has 0 N–H and O–H groups in total. The minimum absolute atomic E-state index is 0.304. The molecule has 0 saturated heterocycles. The molecule has 3 heteroatoms. The predicted octanol–water partition coefficient (Wildman–Crippen LogP) is 6.23. The van der Waals surface area contributed by atoms with Gasteiger partial charge in [0.15, 0.2) is 0 Å². The second-order valence-electron chi connectivity index (χ2n) is 5.80. The highest BCUT2D eigenvalue weighted by molar-refractivity contribution is 7.73. The fourth-order valence-electron chi connectivity index (χ4n) is 2.75. The third-order valence-corrected chi connectivity index (χ3v) is 6.92. The Bertz CT molecular complexity index is 800. The molecule has 0 aliphatic carbocycles. The standard InChI is InChI=1S/C22H25O2P/c1-6-16(3)25(17(4)7-2)22-15-11-9-13-20(22)19-12-8-10-14-21(19)24-18(5)23/h6-15H,1-5H3/b16-6-,17-7-. The van der Waals surface area contributed by atoms with Crippen LogP contribution in [0.25, 0.3) is 11.1 Å². The van der Waals surface area contributed by atoms with E-state index in [0.29, 0.717) is 5.75 Å². The van der Waals surface area contributed by atoms with Crippen molar-refractivity contribution in [2.24, 2.45) is 0 Å². The Balaban J connectivity index is 2.69. The highest BCUT2D eigenvalue weighted by Crippen LogP contribution is 2.53. The largest absolute Gasteiger partial charge is 0.426 e. The molecule has 0 atom stereocenters. The lowest BCUT2D eigenvalue weighted by molar-refractivity contribution is -0.131. The normalized spacial score (nSPS) is 13.5. The number of hydrogen-bond donors (Lipinski definition) is 0. The van der Waals surface area contributed by atoms with E-state index < -0.39 is 7.92 Å². The van der Waals surface area contributed by atoms with E-state index in [4.69, 9.17) is 4.74 Å². The number of carbonyl (C=O) groups excluding carboxylic acids is 1. The fourth-order valence-corrected chi connectivity index (χ4v) is 5.25.